The Bertz CT molecular complexity index is 444. The molecular weight excluding hydrogens is 258 g/mol. The van der Waals surface area contributed by atoms with Gasteiger partial charge in [0.1, 0.15) is 0 Å². The number of thiazole rings is 1. The van der Waals surface area contributed by atoms with Crippen LogP contribution in [0.15, 0.2) is 0 Å². The van der Waals surface area contributed by atoms with Gasteiger partial charge in [-0.15, -0.1) is 11.3 Å². The molecule has 0 radical (unpaired) electrons. The van der Waals surface area contributed by atoms with Crippen LogP contribution in [0.2, 0.25) is 0 Å². The van der Waals surface area contributed by atoms with Gasteiger partial charge in [0.05, 0.1) is 16.6 Å². The van der Waals surface area contributed by atoms with Gasteiger partial charge in [0.15, 0.2) is 0 Å². The molecule has 5 heteroatoms. The lowest BCUT2D eigenvalue weighted by atomic mass is 9.91. The second-order valence-electron chi connectivity index (χ2n) is 5.27. The number of piperidine rings is 1. The first-order chi connectivity index (χ1) is 9.08. The molecule has 2 atom stereocenters. The molecule has 2 heterocycles. The zero-order valence-electron chi connectivity index (χ0n) is 12.0. The third kappa shape index (κ3) is 3.76. The molecule has 0 bridgehead atoms. The molecule has 1 aliphatic rings. The van der Waals surface area contributed by atoms with Crippen LogP contribution in [-0.2, 0) is 11.2 Å². The number of carbonyl (C=O) groups excluding carboxylic acids is 1. The third-order valence-electron chi connectivity index (χ3n) is 3.75. The zero-order valence-corrected chi connectivity index (χ0v) is 12.8. The Morgan fingerprint density at radius 1 is 1.53 bits per heavy atom. The summed E-state index contributed by atoms with van der Waals surface area (Å²) in [6.45, 7) is 7.90. The molecule has 0 saturated carbocycles. The average Bonchev–Trinajstić information content (AvgIpc) is 2.68. The van der Waals surface area contributed by atoms with Crippen molar-refractivity contribution in [1.82, 2.24) is 15.6 Å². The molecule has 0 aromatic carbocycles. The minimum Gasteiger partial charge on any atom is -0.355 e. The van der Waals surface area contributed by atoms with Crippen LogP contribution in [0, 0.1) is 19.8 Å². The Hall–Kier alpha value is -0.940. The van der Waals surface area contributed by atoms with Gasteiger partial charge in [-0.2, -0.15) is 0 Å². The van der Waals surface area contributed by atoms with E-state index in [1.807, 2.05) is 13.8 Å². The molecule has 1 aliphatic heterocycles. The lowest BCUT2D eigenvalue weighted by molar-refractivity contribution is -0.126. The smallest absolute Gasteiger partial charge is 0.224 e. The fourth-order valence-electron chi connectivity index (χ4n) is 2.64. The molecule has 106 valence electrons. The van der Waals surface area contributed by atoms with Crippen LogP contribution < -0.4 is 10.6 Å². The van der Waals surface area contributed by atoms with Crippen molar-refractivity contribution in [2.45, 2.75) is 46.1 Å². The van der Waals surface area contributed by atoms with Crippen molar-refractivity contribution in [1.29, 1.82) is 0 Å². The Balaban J connectivity index is 1.79. The van der Waals surface area contributed by atoms with Crippen molar-refractivity contribution in [3.8, 4) is 0 Å². The quantitative estimate of drug-likeness (QED) is 0.885. The van der Waals surface area contributed by atoms with E-state index in [-0.39, 0.29) is 11.8 Å². The van der Waals surface area contributed by atoms with Gasteiger partial charge in [-0.1, -0.05) is 0 Å². The van der Waals surface area contributed by atoms with Gasteiger partial charge in [-0.25, -0.2) is 4.98 Å². The third-order valence-corrected chi connectivity index (χ3v) is 4.88. The number of rotatable bonds is 4. The number of carbonyl (C=O) groups is 1. The maximum atomic E-state index is 12.1. The highest BCUT2D eigenvalue weighted by molar-refractivity contribution is 7.11. The monoisotopic (exact) mass is 281 g/mol. The SMILES string of the molecule is Cc1nc(C)c(CCNC(=O)[C@@H]2CCCN[C@@H]2C)s1. The highest BCUT2D eigenvalue weighted by Gasteiger charge is 2.26. The van der Waals surface area contributed by atoms with Crippen LogP contribution in [0.4, 0.5) is 0 Å². The highest BCUT2D eigenvalue weighted by atomic mass is 32.1. The van der Waals surface area contributed by atoms with E-state index in [0.717, 1.165) is 36.5 Å². The van der Waals surface area contributed by atoms with Crippen LogP contribution in [0.25, 0.3) is 0 Å². The highest BCUT2D eigenvalue weighted by Crippen LogP contribution is 2.18. The first-order valence-electron chi connectivity index (χ1n) is 7.02. The van der Waals surface area contributed by atoms with Crippen LogP contribution in [-0.4, -0.2) is 30.0 Å². The summed E-state index contributed by atoms with van der Waals surface area (Å²) in [5.74, 6) is 0.316. The van der Waals surface area contributed by atoms with Crippen molar-refractivity contribution in [2.75, 3.05) is 13.1 Å². The topological polar surface area (TPSA) is 54.0 Å². The predicted octanol–water partition coefficient (Wildman–Crippen LogP) is 1.81. The number of aromatic nitrogens is 1. The second kappa shape index (κ2) is 6.48. The van der Waals surface area contributed by atoms with E-state index in [9.17, 15) is 4.79 Å². The molecule has 0 aliphatic carbocycles. The average molecular weight is 281 g/mol. The van der Waals surface area contributed by atoms with Crippen LogP contribution in [0.1, 0.15) is 35.3 Å². The van der Waals surface area contributed by atoms with Gasteiger partial charge in [0.25, 0.3) is 0 Å². The summed E-state index contributed by atoms with van der Waals surface area (Å²) < 4.78 is 0. The van der Waals surface area contributed by atoms with E-state index < -0.39 is 0 Å². The minimum absolute atomic E-state index is 0.123. The summed E-state index contributed by atoms with van der Waals surface area (Å²) in [6.07, 6.45) is 2.98. The van der Waals surface area contributed by atoms with E-state index in [1.54, 1.807) is 11.3 Å². The Morgan fingerprint density at radius 3 is 2.95 bits per heavy atom. The predicted molar refractivity (Wildman–Crippen MR) is 78.5 cm³/mol. The largest absolute Gasteiger partial charge is 0.355 e. The van der Waals surface area contributed by atoms with E-state index >= 15 is 0 Å². The normalized spacial score (nSPS) is 23.3. The zero-order chi connectivity index (χ0) is 13.8. The van der Waals surface area contributed by atoms with Crippen molar-refractivity contribution in [3.63, 3.8) is 0 Å². The van der Waals surface area contributed by atoms with E-state index in [4.69, 9.17) is 0 Å². The fourth-order valence-corrected chi connectivity index (χ4v) is 3.57. The number of amides is 1. The van der Waals surface area contributed by atoms with Crippen molar-refractivity contribution in [3.05, 3.63) is 15.6 Å². The van der Waals surface area contributed by atoms with E-state index in [0.29, 0.717) is 12.6 Å². The summed E-state index contributed by atoms with van der Waals surface area (Å²) in [5.41, 5.74) is 1.10. The number of aryl methyl sites for hydroxylation is 2. The molecule has 1 aromatic heterocycles. The van der Waals surface area contributed by atoms with Crippen LogP contribution >= 0.6 is 11.3 Å². The van der Waals surface area contributed by atoms with Gasteiger partial charge in [0.2, 0.25) is 5.91 Å². The number of nitrogens with zero attached hydrogens (tertiary/aromatic N) is 1. The van der Waals surface area contributed by atoms with E-state index in [2.05, 4.69) is 22.5 Å². The summed E-state index contributed by atoms with van der Waals surface area (Å²) in [7, 11) is 0. The maximum absolute atomic E-state index is 12.1. The molecule has 2 N–H and O–H groups in total. The van der Waals surface area contributed by atoms with Gasteiger partial charge in [-0.3, -0.25) is 4.79 Å². The first kappa shape index (κ1) is 14.5. The van der Waals surface area contributed by atoms with Gasteiger partial charge in [0, 0.05) is 23.9 Å². The lowest BCUT2D eigenvalue weighted by Gasteiger charge is -2.28. The molecule has 4 nitrogen and oxygen atoms in total. The van der Waals surface area contributed by atoms with Crippen molar-refractivity contribution in [2.24, 2.45) is 5.92 Å². The number of nitrogens with one attached hydrogen (secondary N) is 2. The molecule has 1 saturated heterocycles. The molecular formula is C14H23N3OS. The number of hydrogen-bond acceptors (Lipinski definition) is 4. The molecule has 2 rings (SSSR count). The molecule has 1 amide bonds. The molecule has 0 spiro atoms. The Kier molecular flexibility index (Phi) is 4.93. The second-order valence-corrected chi connectivity index (χ2v) is 6.56. The summed E-state index contributed by atoms with van der Waals surface area (Å²) in [4.78, 5) is 17.8. The fraction of sp³-hybridized carbons (Fsp3) is 0.714. The minimum atomic E-state index is 0.123. The first-order valence-corrected chi connectivity index (χ1v) is 7.83. The maximum Gasteiger partial charge on any atom is 0.224 e. The Morgan fingerprint density at radius 2 is 2.32 bits per heavy atom. The Labute approximate surface area is 119 Å². The molecule has 19 heavy (non-hydrogen) atoms. The van der Waals surface area contributed by atoms with E-state index in [1.165, 1.54) is 4.88 Å². The van der Waals surface area contributed by atoms with Gasteiger partial charge in [-0.05, 0) is 40.2 Å². The van der Waals surface area contributed by atoms with Gasteiger partial charge >= 0.3 is 0 Å². The summed E-state index contributed by atoms with van der Waals surface area (Å²) in [6, 6.07) is 0.293. The van der Waals surface area contributed by atoms with Crippen molar-refractivity contribution < 1.29 is 4.79 Å². The van der Waals surface area contributed by atoms with Crippen LogP contribution in [0.5, 0.6) is 0 Å². The summed E-state index contributed by atoms with van der Waals surface area (Å²) in [5, 5.41) is 7.53. The lowest BCUT2D eigenvalue weighted by Crippen LogP contribution is -2.47. The van der Waals surface area contributed by atoms with Crippen molar-refractivity contribution >= 4 is 17.2 Å². The van der Waals surface area contributed by atoms with Crippen LogP contribution in [0.3, 0.4) is 0 Å². The van der Waals surface area contributed by atoms with Gasteiger partial charge < -0.3 is 10.6 Å². The standard InChI is InChI=1S/C14H23N3OS/c1-9-12(5-4-7-15-9)14(18)16-8-6-13-10(2)17-11(3)19-13/h9,12,15H,4-8H2,1-3H3,(H,16,18)/t9-,12-/m1/s1. The number of hydrogen-bond donors (Lipinski definition) is 2. The molecule has 1 fully saturated rings. The summed E-state index contributed by atoms with van der Waals surface area (Å²) >= 11 is 1.73. The molecule has 1 aromatic rings. The molecule has 0 unspecified atom stereocenters.